The van der Waals surface area contributed by atoms with Crippen LogP contribution in [0.5, 0.6) is 0 Å². The van der Waals surface area contributed by atoms with E-state index in [1.807, 2.05) is 0 Å². The van der Waals surface area contributed by atoms with Crippen molar-refractivity contribution >= 4 is 0 Å². The molecule has 0 aromatic heterocycles. The van der Waals surface area contributed by atoms with Gasteiger partial charge in [-0.2, -0.15) is 0 Å². The Morgan fingerprint density at radius 2 is 2.50 bits per heavy atom. The molecule has 2 heteroatoms. The molecule has 56 valence electrons. The zero-order valence-corrected chi connectivity index (χ0v) is 5.92. The monoisotopic (exact) mass is 142 g/mol. The third-order valence-electron chi connectivity index (χ3n) is 1.71. The highest BCUT2D eigenvalue weighted by Gasteiger charge is 2.12. The highest BCUT2D eigenvalue weighted by molar-refractivity contribution is 5.17. The topological polar surface area (TPSA) is 20.2 Å². The van der Waals surface area contributed by atoms with Gasteiger partial charge in [-0.25, -0.2) is 4.39 Å². The van der Waals surface area contributed by atoms with E-state index in [-0.39, 0.29) is 17.8 Å². The quantitative estimate of drug-likeness (QED) is 0.591. The normalized spacial score (nSPS) is 27.9. The Morgan fingerprint density at radius 3 is 2.90 bits per heavy atom. The van der Waals surface area contributed by atoms with Crippen LogP contribution in [0.3, 0.4) is 0 Å². The molecule has 1 aliphatic carbocycles. The number of aliphatic hydroxyl groups excluding tert-OH is 1. The number of aliphatic hydroxyl groups is 1. The lowest BCUT2D eigenvalue weighted by Crippen LogP contribution is -2.14. The Balaban J connectivity index is 2.52. The molecule has 0 aliphatic heterocycles. The summed E-state index contributed by atoms with van der Waals surface area (Å²) in [5, 5.41) is 9.06. The number of halogens is 1. The summed E-state index contributed by atoms with van der Waals surface area (Å²) >= 11 is 0. The van der Waals surface area contributed by atoms with Crippen molar-refractivity contribution in [3.05, 3.63) is 24.1 Å². The van der Waals surface area contributed by atoms with Crippen LogP contribution in [0.2, 0.25) is 0 Å². The summed E-state index contributed by atoms with van der Waals surface area (Å²) in [6, 6.07) is 0. The first-order chi connectivity index (χ1) is 4.70. The summed E-state index contributed by atoms with van der Waals surface area (Å²) in [4.78, 5) is 0. The van der Waals surface area contributed by atoms with E-state index in [0.717, 1.165) is 0 Å². The molecule has 0 fully saturated rings. The Morgan fingerprint density at radius 1 is 1.80 bits per heavy atom. The van der Waals surface area contributed by atoms with Crippen LogP contribution in [0.25, 0.3) is 0 Å². The first-order valence-electron chi connectivity index (χ1n) is 3.42. The largest absolute Gasteiger partial charge is 0.393 e. The molecule has 2 atom stereocenters. The van der Waals surface area contributed by atoms with Gasteiger partial charge in [0.05, 0.1) is 6.10 Å². The van der Waals surface area contributed by atoms with Crippen molar-refractivity contribution in [3.8, 4) is 0 Å². The summed E-state index contributed by atoms with van der Waals surface area (Å²) in [5.41, 5.74) is 0. The molecule has 1 rings (SSSR count). The van der Waals surface area contributed by atoms with Gasteiger partial charge in [0, 0.05) is 5.92 Å². The lowest BCUT2D eigenvalue weighted by Gasteiger charge is -2.15. The van der Waals surface area contributed by atoms with Crippen LogP contribution in [0, 0.1) is 5.92 Å². The zero-order valence-electron chi connectivity index (χ0n) is 5.92. The summed E-state index contributed by atoms with van der Waals surface area (Å²) in [6.45, 7) is 1.71. The predicted octanol–water partition coefficient (Wildman–Crippen LogP) is 1.80. The summed E-state index contributed by atoms with van der Waals surface area (Å²) in [7, 11) is 0. The van der Waals surface area contributed by atoms with Gasteiger partial charge >= 0.3 is 0 Å². The molecule has 10 heavy (non-hydrogen) atoms. The molecule has 1 nitrogen and oxygen atoms in total. The molecule has 0 heterocycles. The maximum Gasteiger partial charge on any atom is 0.118 e. The van der Waals surface area contributed by atoms with Crippen LogP contribution in [0.15, 0.2) is 24.1 Å². The van der Waals surface area contributed by atoms with Crippen molar-refractivity contribution in [2.75, 3.05) is 0 Å². The van der Waals surface area contributed by atoms with Crippen LogP contribution in [-0.4, -0.2) is 11.2 Å². The number of hydrogen-bond acceptors (Lipinski definition) is 1. The third-order valence-corrected chi connectivity index (χ3v) is 1.71. The van der Waals surface area contributed by atoms with E-state index in [1.54, 1.807) is 13.0 Å². The molecule has 0 saturated heterocycles. The minimum absolute atomic E-state index is 0.0968. The van der Waals surface area contributed by atoms with Crippen LogP contribution < -0.4 is 0 Å². The highest BCUT2D eigenvalue weighted by atomic mass is 19.1. The molecule has 0 aromatic rings. The second-order valence-electron chi connectivity index (χ2n) is 2.59. The van der Waals surface area contributed by atoms with Crippen LogP contribution in [-0.2, 0) is 0 Å². The number of allylic oxidation sites excluding steroid dienone is 3. The first-order valence-corrected chi connectivity index (χ1v) is 3.42. The molecular formula is C8H11FO. The zero-order chi connectivity index (χ0) is 7.56. The molecule has 0 radical (unpaired) electrons. The van der Waals surface area contributed by atoms with E-state index in [9.17, 15) is 4.39 Å². The van der Waals surface area contributed by atoms with Crippen LogP contribution in [0.4, 0.5) is 4.39 Å². The van der Waals surface area contributed by atoms with Crippen molar-refractivity contribution < 1.29 is 9.50 Å². The first kappa shape index (κ1) is 7.48. The Kier molecular flexibility index (Phi) is 2.22. The van der Waals surface area contributed by atoms with Crippen LogP contribution in [0.1, 0.15) is 13.3 Å². The van der Waals surface area contributed by atoms with Gasteiger partial charge in [0.1, 0.15) is 5.83 Å². The van der Waals surface area contributed by atoms with E-state index in [4.69, 9.17) is 5.11 Å². The lowest BCUT2D eigenvalue weighted by molar-refractivity contribution is 0.149. The molecule has 1 unspecified atom stereocenters. The maximum atomic E-state index is 12.3. The number of hydrogen-bond donors (Lipinski definition) is 1. The fourth-order valence-electron chi connectivity index (χ4n) is 0.969. The fraction of sp³-hybridized carbons (Fsp3) is 0.500. The van der Waals surface area contributed by atoms with Crippen molar-refractivity contribution in [1.29, 1.82) is 0 Å². The molecule has 0 saturated carbocycles. The van der Waals surface area contributed by atoms with E-state index >= 15 is 0 Å². The van der Waals surface area contributed by atoms with Gasteiger partial charge in [0.2, 0.25) is 0 Å². The minimum Gasteiger partial charge on any atom is -0.393 e. The van der Waals surface area contributed by atoms with Gasteiger partial charge < -0.3 is 5.11 Å². The smallest absolute Gasteiger partial charge is 0.118 e. The highest BCUT2D eigenvalue weighted by Crippen LogP contribution is 2.19. The van der Waals surface area contributed by atoms with Crippen LogP contribution >= 0.6 is 0 Å². The van der Waals surface area contributed by atoms with E-state index in [1.165, 1.54) is 12.2 Å². The molecular weight excluding hydrogens is 131 g/mol. The standard InChI is InChI=1S/C8H11FO/c1-6(10)7-2-4-8(9)5-3-7/h2,4-7,10H,3H2,1H3/t6-,7?/m0/s1. The summed E-state index contributed by atoms with van der Waals surface area (Å²) in [5.74, 6) is -0.101. The van der Waals surface area contributed by atoms with Gasteiger partial charge in [-0.1, -0.05) is 6.08 Å². The van der Waals surface area contributed by atoms with Gasteiger partial charge in [-0.05, 0) is 25.5 Å². The molecule has 0 bridgehead atoms. The summed E-state index contributed by atoms with van der Waals surface area (Å²) in [6.07, 6.45) is 4.85. The van der Waals surface area contributed by atoms with Gasteiger partial charge in [-0.3, -0.25) is 0 Å². The van der Waals surface area contributed by atoms with Gasteiger partial charge in [0.15, 0.2) is 0 Å². The van der Waals surface area contributed by atoms with E-state index < -0.39 is 0 Å². The SMILES string of the molecule is C[C@H](O)C1C=CC(F)=CC1. The average Bonchev–Trinajstić information content (AvgIpc) is 1.88. The Bertz CT molecular complexity index is 170. The van der Waals surface area contributed by atoms with E-state index in [0.29, 0.717) is 6.42 Å². The maximum absolute atomic E-state index is 12.3. The predicted molar refractivity (Wildman–Crippen MR) is 38.1 cm³/mol. The van der Waals surface area contributed by atoms with Gasteiger partial charge in [-0.15, -0.1) is 0 Å². The summed E-state index contributed by atoms with van der Waals surface area (Å²) < 4.78 is 12.3. The fourth-order valence-corrected chi connectivity index (χ4v) is 0.969. The molecule has 0 aromatic carbocycles. The minimum atomic E-state index is -0.374. The van der Waals surface area contributed by atoms with Crippen molar-refractivity contribution in [3.63, 3.8) is 0 Å². The van der Waals surface area contributed by atoms with Crippen molar-refractivity contribution in [2.45, 2.75) is 19.4 Å². The molecule has 1 N–H and O–H groups in total. The average molecular weight is 142 g/mol. The molecule has 0 spiro atoms. The molecule has 1 aliphatic rings. The second-order valence-corrected chi connectivity index (χ2v) is 2.59. The Labute approximate surface area is 59.9 Å². The van der Waals surface area contributed by atoms with Crippen molar-refractivity contribution in [1.82, 2.24) is 0 Å². The molecule has 0 amide bonds. The van der Waals surface area contributed by atoms with Gasteiger partial charge in [0.25, 0.3) is 0 Å². The Hall–Kier alpha value is -0.630. The second kappa shape index (κ2) is 2.97. The number of rotatable bonds is 1. The van der Waals surface area contributed by atoms with Crippen molar-refractivity contribution in [2.24, 2.45) is 5.92 Å². The third kappa shape index (κ3) is 1.67. The lowest BCUT2D eigenvalue weighted by atomic mass is 9.96. The van der Waals surface area contributed by atoms with E-state index in [2.05, 4.69) is 0 Å².